The molecule has 6 nitrogen and oxygen atoms in total. The Hall–Kier alpha value is -1.59. The highest BCUT2D eigenvalue weighted by Crippen LogP contribution is 2.27. The van der Waals surface area contributed by atoms with Gasteiger partial charge in [-0.15, -0.1) is 0 Å². The summed E-state index contributed by atoms with van der Waals surface area (Å²) in [5.41, 5.74) is 0. The van der Waals surface area contributed by atoms with Crippen LogP contribution in [-0.2, 0) is 19.1 Å². The predicted octanol–water partition coefficient (Wildman–Crippen LogP) is 1.78. The minimum Gasteiger partial charge on any atom is -0.467 e. The molecule has 0 saturated heterocycles. The van der Waals surface area contributed by atoms with Gasteiger partial charge < -0.3 is 15.4 Å². The molecule has 0 spiro atoms. The smallest absolute Gasteiger partial charge is 0.328 e. The average Bonchev–Trinajstić information content (AvgIpc) is 2.51. The van der Waals surface area contributed by atoms with Gasteiger partial charge in [0.1, 0.15) is 12.1 Å². The summed E-state index contributed by atoms with van der Waals surface area (Å²) in [5, 5.41) is 5.49. The minimum atomic E-state index is -0.628. The molecule has 0 radical (unpaired) electrons. The van der Waals surface area contributed by atoms with Crippen LogP contribution in [0.4, 0.5) is 0 Å². The summed E-state index contributed by atoms with van der Waals surface area (Å²) in [5.74, 6) is -0.606. The fraction of sp³-hybridized carbons (Fsp3) is 0.824. The lowest BCUT2D eigenvalue weighted by atomic mass is 9.83. The largest absolute Gasteiger partial charge is 0.467 e. The molecule has 0 aromatic heterocycles. The van der Waals surface area contributed by atoms with Gasteiger partial charge in [0, 0.05) is 6.92 Å². The lowest BCUT2D eigenvalue weighted by molar-refractivity contribution is -0.147. The number of esters is 1. The van der Waals surface area contributed by atoms with Crippen molar-refractivity contribution in [1.82, 2.24) is 10.6 Å². The molecule has 6 heteroatoms. The van der Waals surface area contributed by atoms with Crippen molar-refractivity contribution in [3.63, 3.8) is 0 Å². The number of methoxy groups -OCH3 is 1. The van der Waals surface area contributed by atoms with Crippen molar-refractivity contribution in [1.29, 1.82) is 0 Å². The molecule has 23 heavy (non-hydrogen) atoms. The van der Waals surface area contributed by atoms with Crippen molar-refractivity contribution in [3.8, 4) is 0 Å². The zero-order valence-corrected chi connectivity index (χ0v) is 14.7. The number of carbonyl (C=O) groups excluding carboxylic acids is 3. The van der Waals surface area contributed by atoms with Crippen LogP contribution in [0.25, 0.3) is 0 Å². The highest BCUT2D eigenvalue weighted by atomic mass is 16.5. The summed E-state index contributed by atoms with van der Waals surface area (Å²) < 4.78 is 4.87. The molecule has 1 aliphatic rings. The molecule has 2 atom stereocenters. The number of carbonyl (C=O) groups is 3. The summed E-state index contributed by atoms with van der Waals surface area (Å²) in [4.78, 5) is 36.0. The predicted molar refractivity (Wildman–Crippen MR) is 87.6 cm³/mol. The molecule has 1 rings (SSSR count). The molecule has 0 bridgehead atoms. The van der Waals surface area contributed by atoms with E-state index in [0.29, 0.717) is 6.42 Å². The third-order valence-electron chi connectivity index (χ3n) is 4.28. The van der Waals surface area contributed by atoms with E-state index in [0.717, 1.165) is 25.7 Å². The Kier molecular flexibility index (Phi) is 8.06. The van der Waals surface area contributed by atoms with E-state index in [1.54, 1.807) is 0 Å². The van der Waals surface area contributed by atoms with Gasteiger partial charge in [-0.2, -0.15) is 0 Å². The first-order valence-corrected chi connectivity index (χ1v) is 8.50. The monoisotopic (exact) mass is 326 g/mol. The molecule has 1 aliphatic carbocycles. The van der Waals surface area contributed by atoms with Gasteiger partial charge in [-0.05, 0) is 31.1 Å². The number of amides is 2. The van der Waals surface area contributed by atoms with Gasteiger partial charge in [-0.3, -0.25) is 9.59 Å². The lowest BCUT2D eigenvalue weighted by Gasteiger charge is -2.30. The molecule has 0 aromatic carbocycles. The van der Waals surface area contributed by atoms with Crippen LogP contribution < -0.4 is 10.6 Å². The van der Waals surface area contributed by atoms with Crippen molar-refractivity contribution in [2.75, 3.05) is 7.11 Å². The standard InChI is InChI=1S/C17H30N2O4/c1-11(2)10-14(18-12(3)20)16(21)19-15(17(22)23-4)13-8-6-5-7-9-13/h11,13-15H,5-10H2,1-4H3,(H,18,20)(H,19,21)/t14-,15-/m0/s1. The molecule has 0 aliphatic heterocycles. The Morgan fingerprint density at radius 2 is 1.70 bits per heavy atom. The summed E-state index contributed by atoms with van der Waals surface area (Å²) >= 11 is 0. The van der Waals surface area contributed by atoms with Crippen LogP contribution in [0.1, 0.15) is 59.3 Å². The van der Waals surface area contributed by atoms with E-state index < -0.39 is 18.1 Å². The van der Waals surface area contributed by atoms with Crippen LogP contribution in [0.15, 0.2) is 0 Å². The van der Waals surface area contributed by atoms with E-state index in [1.807, 2.05) is 13.8 Å². The molecule has 0 aromatic rings. The molecule has 0 unspecified atom stereocenters. The number of ether oxygens (including phenoxy) is 1. The quantitative estimate of drug-likeness (QED) is 0.698. The third-order valence-corrected chi connectivity index (χ3v) is 4.28. The minimum absolute atomic E-state index is 0.108. The normalized spacial score (nSPS) is 18.1. The molecular formula is C17H30N2O4. The maximum absolute atomic E-state index is 12.6. The fourth-order valence-electron chi connectivity index (χ4n) is 3.17. The van der Waals surface area contributed by atoms with E-state index in [4.69, 9.17) is 4.74 Å². The van der Waals surface area contributed by atoms with Gasteiger partial charge in [0.05, 0.1) is 7.11 Å². The SMILES string of the molecule is COC(=O)[C@@H](NC(=O)[C@H](CC(C)C)NC(C)=O)C1CCCCC1. The summed E-state index contributed by atoms with van der Waals surface area (Å²) in [6, 6.07) is -1.25. The number of nitrogens with one attached hydrogen (secondary N) is 2. The van der Waals surface area contributed by atoms with E-state index in [2.05, 4.69) is 10.6 Å². The Labute approximate surface area is 138 Å². The Bertz CT molecular complexity index is 417. The number of rotatable bonds is 7. The van der Waals surface area contributed by atoms with Gasteiger partial charge in [-0.1, -0.05) is 33.1 Å². The summed E-state index contributed by atoms with van der Waals surface area (Å²) in [6.45, 7) is 5.36. The van der Waals surface area contributed by atoms with E-state index in [1.165, 1.54) is 20.5 Å². The van der Waals surface area contributed by atoms with Gasteiger partial charge >= 0.3 is 5.97 Å². The Balaban J connectivity index is 2.79. The molecule has 1 fully saturated rings. The zero-order valence-electron chi connectivity index (χ0n) is 14.7. The van der Waals surface area contributed by atoms with Crippen molar-refractivity contribution < 1.29 is 19.1 Å². The topological polar surface area (TPSA) is 84.5 Å². The maximum Gasteiger partial charge on any atom is 0.328 e. The Morgan fingerprint density at radius 3 is 2.17 bits per heavy atom. The van der Waals surface area contributed by atoms with Crippen LogP contribution in [0.3, 0.4) is 0 Å². The molecule has 0 heterocycles. The molecule has 1 saturated carbocycles. The highest BCUT2D eigenvalue weighted by molar-refractivity contribution is 5.90. The van der Waals surface area contributed by atoms with Crippen LogP contribution in [-0.4, -0.2) is 37.0 Å². The summed E-state index contributed by atoms with van der Waals surface area (Å²) in [6.07, 6.45) is 5.65. The average molecular weight is 326 g/mol. The second-order valence-electron chi connectivity index (χ2n) is 6.79. The van der Waals surface area contributed by atoms with E-state index in [9.17, 15) is 14.4 Å². The highest BCUT2D eigenvalue weighted by Gasteiger charge is 2.33. The third kappa shape index (κ3) is 6.59. The van der Waals surface area contributed by atoms with Crippen molar-refractivity contribution in [3.05, 3.63) is 0 Å². The molecule has 132 valence electrons. The van der Waals surface area contributed by atoms with E-state index in [-0.39, 0.29) is 23.7 Å². The Morgan fingerprint density at radius 1 is 1.09 bits per heavy atom. The first-order valence-electron chi connectivity index (χ1n) is 8.50. The van der Waals surface area contributed by atoms with Gasteiger partial charge in [-0.25, -0.2) is 4.79 Å². The zero-order chi connectivity index (χ0) is 17.4. The first-order chi connectivity index (χ1) is 10.8. The van der Waals surface area contributed by atoms with E-state index >= 15 is 0 Å². The molecule has 2 N–H and O–H groups in total. The fourth-order valence-corrected chi connectivity index (χ4v) is 3.17. The van der Waals surface area contributed by atoms with Crippen molar-refractivity contribution in [2.45, 2.75) is 71.4 Å². The maximum atomic E-state index is 12.6. The van der Waals surface area contributed by atoms with Crippen LogP contribution in [0.2, 0.25) is 0 Å². The van der Waals surface area contributed by atoms with Crippen LogP contribution in [0.5, 0.6) is 0 Å². The first kappa shape index (κ1) is 19.5. The molecule has 2 amide bonds. The van der Waals surface area contributed by atoms with Crippen molar-refractivity contribution in [2.24, 2.45) is 11.8 Å². The lowest BCUT2D eigenvalue weighted by Crippen LogP contribution is -2.54. The summed E-state index contributed by atoms with van der Waals surface area (Å²) in [7, 11) is 1.34. The second-order valence-corrected chi connectivity index (χ2v) is 6.79. The van der Waals surface area contributed by atoms with Gasteiger partial charge in [0.15, 0.2) is 0 Å². The number of hydrogen-bond donors (Lipinski definition) is 2. The van der Waals surface area contributed by atoms with Gasteiger partial charge in [0.25, 0.3) is 0 Å². The van der Waals surface area contributed by atoms with Crippen LogP contribution in [0, 0.1) is 11.8 Å². The second kappa shape index (κ2) is 9.53. The number of hydrogen-bond acceptors (Lipinski definition) is 4. The van der Waals surface area contributed by atoms with Crippen molar-refractivity contribution >= 4 is 17.8 Å². The molecular weight excluding hydrogens is 296 g/mol. The van der Waals surface area contributed by atoms with Crippen LogP contribution >= 0.6 is 0 Å². The van der Waals surface area contributed by atoms with Gasteiger partial charge in [0.2, 0.25) is 11.8 Å².